The summed E-state index contributed by atoms with van der Waals surface area (Å²) in [5.74, 6) is 2.07. The number of nitrogens with one attached hydrogen (secondary N) is 1. The molecule has 0 saturated carbocycles. The van der Waals surface area contributed by atoms with Crippen molar-refractivity contribution in [1.82, 2.24) is 9.97 Å². The van der Waals surface area contributed by atoms with E-state index < -0.39 is 0 Å². The maximum Gasteiger partial charge on any atom is 0.162 e. The van der Waals surface area contributed by atoms with E-state index in [1.54, 1.807) is 14.2 Å². The Morgan fingerprint density at radius 1 is 1.00 bits per heavy atom. The highest BCUT2D eigenvalue weighted by Gasteiger charge is 2.10. The lowest BCUT2D eigenvalue weighted by atomic mass is 10.2. The molecule has 0 fully saturated rings. The topological polar surface area (TPSA) is 56.3 Å². The van der Waals surface area contributed by atoms with Crippen LogP contribution in [-0.4, -0.2) is 24.2 Å². The molecule has 0 saturated heterocycles. The zero-order chi connectivity index (χ0) is 16.2. The largest absolute Gasteiger partial charge is 0.493 e. The van der Waals surface area contributed by atoms with E-state index in [1.807, 2.05) is 24.3 Å². The van der Waals surface area contributed by atoms with Gasteiger partial charge in [0.05, 0.1) is 19.7 Å². The molecule has 1 aromatic heterocycles. The lowest BCUT2D eigenvalue weighted by Crippen LogP contribution is -2.03. The van der Waals surface area contributed by atoms with E-state index in [0.29, 0.717) is 18.0 Å². The summed E-state index contributed by atoms with van der Waals surface area (Å²) in [5, 5.41) is 4.24. The first kappa shape index (κ1) is 18.3. The number of rotatable bonds is 5. The maximum atomic E-state index is 5.36. The van der Waals surface area contributed by atoms with Crippen LogP contribution in [0.25, 0.3) is 10.9 Å². The van der Waals surface area contributed by atoms with Crippen molar-refractivity contribution in [3.05, 3.63) is 52.8 Å². The average Bonchev–Trinajstić information content (AvgIpc) is 2.60. The van der Waals surface area contributed by atoms with Crippen molar-refractivity contribution in [2.75, 3.05) is 19.5 Å². The molecule has 0 amide bonds. The van der Waals surface area contributed by atoms with Gasteiger partial charge in [-0.15, -0.1) is 12.4 Å². The molecule has 0 unspecified atom stereocenters. The van der Waals surface area contributed by atoms with Gasteiger partial charge in [-0.25, -0.2) is 9.97 Å². The minimum Gasteiger partial charge on any atom is -0.493 e. The maximum absolute atomic E-state index is 5.36. The van der Waals surface area contributed by atoms with Gasteiger partial charge in [0.15, 0.2) is 11.5 Å². The van der Waals surface area contributed by atoms with Crippen LogP contribution in [0.2, 0.25) is 0 Å². The van der Waals surface area contributed by atoms with E-state index in [1.165, 1.54) is 11.9 Å². The van der Waals surface area contributed by atoms with E-state index in [4.69, 9.17) is 9.47 Å². The van der Waals surface area contributed by atoms with Gasteiger partial charge in [0.2, 0.25) is 0 Å². The number of fused-ring (bicyclic) bond motifs is 1. The van der Waals surface area contributed by atoms with E-state index >= 15 is 0 Å². The fourth-order valence-electron chi connectivity index (χ4n) is 2.31. The van der Waals surface area contributed by atoms with Crippen LogP contribution in [0.15, 0.2) is 47.2 Å². The summed E-state index contributed by atoms with van der Waals surface area (Å²) in [6.45, 7) is 0.674. The number of aromatic nitrogens is 2. The number of hydrogen-bond acceptors (Lipinski definition) is 5. The second-order valence-electron chi connectivity index (χ2n) is 4.93. The lowest BCUT2D eigenvalue weighted by Gasteiger charge is -2.12. The van der Waals surface area contributed by atoms with Gasteiger partial charge in [0.1, 0.15) is 12.1 Å². The normalized spacial score (nSPS) is 10.1. The molecule has 24 heavy (non-hydrogen) atoms. The highest BCUT2D eigenvalue weighted by molar-refractivity contribution is 9.10. The zero-order valence-corrected chi connectivity index (χ0v) is 15.6. The van der Waals surface area contributed by atoms with Crippen LogP contribution in [0, 0.1) is 0 Å². The van der Waals surface area contributed by atoms with E-state index in [9.17, 15) is 0 Å². The van der Waals surface area contributed by atoms with Crippen LogP contribution < -0.4 is 14.8 Å². The van der Waals surface area contributed by atoms with Crippen molar-refractivity contribution in [1.29, 1.82) is 0 Å². The Labute approximate surface area is 155 Å². The first-order valence-corrected chi connectivity index (χ1v) is 7.85. The second kappa shape index (κ2) is 8.17. The molecule has 3 rings (SSSR count). The van der Waals surface area contributed by atoms with Gasteiger partial charge in [0, 0.05) is 22.5 Å². The molecule has 0 spiro atoms. The minimum atomic E-state index is 0. The highest BCUT2D eigenvalue weighted by Crippen LogP contribution is 2.33. The molecule has 0 aliphatic heterocycles. The SMILES string of the molecule is COc1cc2ncnc(NCc3ccc(Br)cc3)c2cc1OC.Cl. The Bertz CT molecular complexity index is 828. The fraction of sp³-hybridized carbons (Fsp3) is 0.176. The predicted molar refractivity (Wildman–Crippen MR) is 101 cm³/mol. The fourth-order valence-corrected chi connectivity index (χ4v) is 2.58. The van der Waals surface area contributed by atoms with Crippen LogP contribution >= 0.6 is 28.3 Å². The molecular weight excluding hydrogens is 394 g/mol. The smallest absolute Gasteiger partial charge is 0.162 e. The molecule has 2 aromatic carbocycles. The van der Waals surface area contributed by atoms with Gasteiger partial charge in [0.25, 0.3) is 0 Å². The summed E-state index contributed by atoms with van der Waals surface area (Å²) in [5.41, 5.74) is 1.97. The predicted octanol–water partition coefficient (Wildman–Crippen LogP) is 4.44. The standard InChI is InChI=1S/C17H16BrN3O2.ClH/c1-22-15-7-13-14(8-16(15)23-2)20-10-21-17(13)19-9-11-3-5-12(18)6-4-11;/h3-8,10H,9H2,1-2H3,(H,19,20,21);1H. The van der Waals surface area contributed by atoms with Crippen molar-refractivity contribution in [3.63, 3.8) is 0 Å². The third-order valence-corrected chi connectivity index (χ3v) is 4.04. The first-order chi connectivity index (χ1) is 11.2. The summed E-state index contributed by atoms with van der Waals surface area (Å²) < 4.78 is 11.7. The van der Waals surface area contributed by atoms with Crippen LogP contribution in [0.5, 0.6) is 11.5 Å². The van der Waals surface area contributed by atoms with Gasteiger partial charge in [-0.2, -0.15) is 0 Å². The van der Waals surface area contributed by atoms with Gasteiger partial charge in [-0.3, -0.25) is 0 Å². The highest BCUT2D eigenvalue weighted by atomic mass is 79.9. The molecule has 126 valence electrons. The number of benzene rings is 2. The molecule has 0 bridgehead atoms. The summed E-state index contributed by atoms with van der Waals surface area (Å²) in [4.78, 5) is 8.64. The molecule has 0 atom stereocenters. The van der Waals surface area contributed by atoms with Crippen molar-refractivity contribution >= 4 is 45.1 Å². The van der Waals surface area contributed by atoms with Crippen molar-refractivity contribution < 1.29 is 9.47 Å². The van der Waals surface area contributed by atoms with Crippen LogP contribution in [0.1, 0.15) is 5.56 Å². The van der Waals surface area contributed by atoms with Gasteiger partial charge in [-0.05, 0) is 23.8 Å². The number of methoxy groups -OCH3 is 2. The molecule has 7 heteroatoms. The summed E-state index contributed by atoms with van der Waals surface area (Å²) >= 11 is 3.44. The average molecular weight is 411 g/mol. The molecule has 0 aliphatic carbocycles. The minimum absolute atomic E-state index is 0. The zero-order valence-electron chi connectivity index (χ0n) is 13.2. The van der Waals surface area contributed by atoms with Crippen LogP contribution in [0.3, 0.4) is 0 Å². The third kappa shape index (κ3) is 3.88. The molecule has 0 aliphatic rings. The third-order valence-electron chi connectivity index (χ3n) is 3.51. The van der Waals surface area contributed by atoms with Gasteiger partial charge < -0.3 is 14.8 Å². The van der Waals surface area contributed by atoms with E-state index in [0.717, 1.165) is 21.2 Å². The Morgan fingerprint density at radius 3 is 2.33 bits per heavy atom. The number of nitrogens with zero attached hydrogens (tertiary/aromatic N) is 2. The molecular formula is C17H17BrClN3O2. The van der Waals surface area contributed by atoms with Crippen LogP contribution in [-0.2, 0) is 6.54 Å². The Kier molecular flexibility index (Phi) is 6.23. The summed E-state index contributed by atoms with van der Waals surface area (Å²) in [6.07, 6.45) is 1.54. The van der Waals surface area contributed by atoms with Crippen LogP contribution in [0.4, 0.5) is 5.82 Å². The van der Waals surface area contributed by atoms with E-state index in [2.05, 4.69) is 43.3 Å². The van der Waals surface area contributed by atoms with Gasteiger partial charge in [-0.1, -0.05) is 28.1 Å². The molecule has 1 heterocycles. The van der Waals surface area contributed by atoms with Gasteiger partial charge >= 0.3 is 0 Å². The summed E-state index contributed by atoms with van der Waals surface area (Å²) in [7, 11) is 3.22. The van der Waals surface area contributed by atoms with Crippen molar-refractivity contribution in [3.8, 4) is 11.5 Å². The molecule has 1 N–H and O–H groups in total. The summed E-state index contributed by atoms with van der Waals surface area (Å²) in [6, 6.07) is 11.9. The molecule has 3 aromatic rings. The number of hydrogen-bond donors (Lipinski definition) is 1. The Morgan fingerprint density at radius 2 is 1.67 bits per heavy atom. The quantitative estimate of drug-likeness (QED) is 0.674. The second-order valence-corrected chi connectivity index (χ2v) is 5.84. The Hall–Kier alpha value is -2.05. The molecule has 5 nitrogen and oxygen atoms in total. The first-order valence-electron chi connectivity index (χ1n) is 7.06. The molecule has 0 radical (unpaired) electrons. The monoisotopic (exact) mass is 409 g/mol. The number of halogens is 2. The van der Waals surface area contributed by atoms with Crippen molar-refractivity contribution in [2.45, 2.75) is 6.54 Å². The Balaban J connectivity index is 0.00000208. The number of ether oxygens (including phenoxy) is 2. The van der Waals surface area contributed by atoms with E-state index in [-0.39, 0.29) is 12.4 Å². The lowest BCUT2D eigenvalue weighted by molar-refractivity contribution is 0.356. The van der Waals surface area contributed by atoms with Crippen molar-refractivity contribution in [2.24, 2.45) is 0 Å². The number of anilines is 1.